The van der Waals surface area contributed by atoms with E-state index >= 15 is 0 Å². The van der Waals surface area contributed by atoms with Crippen molar-refractivity contribution < 1.29 is 9.53 Å². The Labute approximate surface area is 150 Å². The number of carbonyl (C=O) groups excluding carboxylic acids is 1. The maximum absolute atomic E-state index is 12.9. The number of amides is 1. The van der Waals surface area contributed by atoms with E-state index in [-0.39, 0.29) is 12.0 Å². The van der Waals surface area contributed by atoms with Crippen molar-refractivity contribution in [3.63, 3.8) is 0 Å². The molecule has 0 radical (unpaired) electrons. The maximum Gasteiger partial charge on any atom is 0.239 e. The number of alkyl halides is 1. The molecule has 4 nitrogen and oxygen atoms in total. The molecule has 124 valence electrons. The molecule has 24 heavy (non-hydrogen) atoms. The van der Waals surface area contributed by atoms with Crippen molar-refractivity contribution in [2.24, 2.45) is 10.4 Å². The molecular formula is C19H19BrN2O2. The maximum atomic E-state index is 12.9. The van der Waals surface area contributed by atoms with Gasteiger partial charge >= 0.3 is 0 Å². The van der Waals surface area contributed by atoms with E-state index in [9.17, 15) is 4.79 Å². The number of para-hydroxylation sites is 2. The fraction of sp³-hybridized carbons (Fsp3) is 0.263. The lowest BCUT2D eigenvalue weighted by Crippen LogP contribution is -2.37. The highest BCUT2D eigenvalue weighted by Crippen LogP contribution is 2.38. The quantitative estimate of drug-likeness (QED) is 0.783. The minimum absolute atomic E-state index is 0.0704. The summed E-state index contributed by atoms with van der Waals surface area (Å²) < 4.78 is 5.93. The number of anilines is 1. The molecule has 1 aliphatic rings. The van der Waals surface area contributed by atoms with Crippen LogP contribution in [0.3, 0.4) is 0 Å². The molecule has 5 heteroatoms. The first-order valence-electron chi connectivity index (χ1n) is 7.85. The van der Waals surface area contributed by atoms with Gasteiger partial charge in [0.2, 0.25) is 11.8 Å². The van der Waals surface area contributed by atoms with Gasteiger partial charge in [-0.15, -0.1) is 0 Å². The number of benzene rings is 2. The van der Waals surface area contributed by atoms with Crippen LogP contribution in [0.1, 0.15) is 13.3 Å². The molecule has 0 bridgehead atoms. The highest BCUT2D eigenvalue weighted by molar-refractivity contribution is 9.09. The van der Waals surface area contributed by atoms with Crippen LogP contribution in [-0.4, -0.2) is 23.2 Å². The molecule has 0 aromatic heterocycles. The smallest absolute Gasteiger partial charge is 0.239 e. The molecule has 0 saturated carbocycles. The Bertz CT molecular complexity index is 734. The average molecular weight is 387 g/mol. The Hall–Kier alpha value is -2.14. The van der Waals surface area contributed by atoms with E-state index in [0.717, 1.165) is 11.4 Å². The van der Waals surface area contributed by atoms with Crippen molar-refractivity contribution in [2.75, 3.05) is 10.6 Å². The first kappa shape index (κ1) is 16.7. The normalized spacial score (nSPS) is 24.6. The molecule has 1 fully saturated rings. The first-order valence-corrected chi connectivity index (χ1v) is 8.97. The molecule has 0 spiro atoms. The lowest BCUT2D eigenvalue weighted by Gasteiger charge is -2.21. The summed E-state index contributed by atoms with van der Waals surface area (Å²) in [5.41, 5.74) is 0.746. The van der Waals surface area contributed by atoms with Gasteiger partial charge in [-0.2, -0.15) is 0 Å². The number of nitrogens with one attached hydrogen (secondary N) is 1. The Balaban J connectivity index is 1.89. The molecule has 1 saturated heterocycles. The van der Waals surface area contributed by atoms with E-state index in [1.165, 1.54) is 0 Å². The molecule has 1 heterocycles. The van der Waals surface area contributed by atoms with E-state index in [2.05, 4.69) is 26.2 Å². The van der Waals surface area contributed by atoms with Gasteiger partial charge in [-0.3, -0.25) is 4.79 Å². The van der Waals surface area contributed by atoms with Crippen LogP contribution in [0.2, 0.25) is 0 Å². The average Bonchev–Trinajstić information content (AvgIpc) is 2.94. The third-order valence-electron chi connectivity index (χ3n) is 4.08. The van der Waals surface area contributed by atoms with Crippen molar-refractivity contribution in [1.82, 2.24) is 0 Å². The fourth-order valence-corrected chi connectivity index (χ4v) is 3.07. The van der Waals surface area contributed by atoms with Crippen LogP contribution in [0.25, 0.3) is 0 Å². The van der Waals surface area contributed by atoms with E-state index in [4.69, 9.17) is 4.74 Å². The van der Waals surface area contributed by atoms with Gasteiger partial charge in [-0.05, 0) is 31.2 Å². The summed E-state index contributed by atoms with van der Waals surface area (Å²) in [7, 11) is 0. The van der Waals surface area contributed by atoms with Crippen LogP contribution in [0.15, 0.2) is 65.7 Å². The highest BCUT2D eigenvalue weighted by atomic mass is 79.9. The second kappa shape index (κ2) is 7.18. The Morgan fingerprint density at radius 3 is 2.46 bits per heavy atom. The number of ether oxygens (including phenoxy) is 1. The Morgan fingerprint density at radius 1 is 1.21 bits per heavy atom. The van der Waals surface area contributed by atoms with Crippen LogP contribution >= 0.6 is 15.9 Å². The molecule has 0 unspecified atom stereocenters. The minimum atomic E-state index is -0.801. The second-order valence-electron chi connectivity index (χ2n) is 6.00. The predicted molar refractivity (Wildman–Crippen MR) is 100.0 cm³/mol. The standard InChI is InChI=1S/C19H19BrN2O2/c1-19(17(23)21-14-8-4-2-5-9-14)12-16(13-20)24-18(19)22-15-10-6-3-7-11-15/h2-11,16H,12-13H2,1H3,(H,21,23)/t16-,19-/m0/s1. The summed E-state index contributed by atoms with van der Waals surface area (Å²) >= 11 is 3.45. The number of hydrogen-bond acceptors (Lipinski definition) is 3. The summed E-state index contributed by atoms with van der Waals surface area (Å²) in [6, 6.07) is 19.0. The van der Waals surface area contributed by atoms with Gasteiger partial charge in [-0.1, -0.05) is 52.3 Å². The zero-order chi connectivity index (χ0) is 17.0. The van der Waals surface area contributed by atoms with Gasteiger partial charge in [-0.25, -0.2) is 4.99 Å². The van der Waals surface area contributed by atoms with Crippen LogP contribution < -0.4 is 5.32 Å². The topological polar surface area (TPSA) is 50.7 Å². The summed E-state index contributed by atoms with van der Waals surface area (Å²) in [4.78, 5) is 17.5. The summed E-state index contributed by atoms with van der Waals surface area (Å²) in [5, 5.41) is 3.63. The fourth-order valence-electron chi connectivity index (χ4n) is 2.71. The lowest BCUT2D eigenvalue weighted by atomic mass is 9.85. The third kappa shape index (κ3) is 3.51. The van der Waals surface area contributed by atoms with E-state index in [1.807, 2.05) is 67.6 Å². The largest absolute Gasteiger partial charge is 0.476 e. The summed E-state index contributed by atoms with van der Waals surface area (Å²) in [5.74, 6) is 0.360. The van der Waals surface area contributed by atoms with Gasteiger partial charge < -0.3 is 10.1 Å². The Morgan fingerprint density at radius 2 is 1.83 bits per heavy atom. The lowest BCUT2D eigenvalue weighted by molar-refractivity contribution is -0.121. The van der Waals surface area contributed by atoms with Crippen molar-refractivity contribution in [3.05, 3.63) is 60.7 Å². The van der Waals surface area contributed by atoms with Gasteiger partial charge in [0.05, 0.1) is 5.69 Å². The molecule has 3 rings (SSSR count). The molecule has 0 aliphatic carbocycles. The van der Waals surface area contributed by atoms with Gasteiger partial charge in [0.1, 0.15) is 11.5 Å². The van der Waals surface area contributed by atoms with Crippen LogP contribution in [0, 0.1) is 5.41 Å². The number of nitrogens with zero attached hydrogens (tertiary/aromatic N) is 1. The van der Waals surface area contributed by atoms with E-state index in [1.54, 1.807) is 0 Å². The second-order valence-corrected chi connectivity index (χ2v) is 6.65. The minimum Gasteiger partial charge on any atom is -0.476 e. The zero-order valence-electron chi connectivity index (χ0n) is 13.4. The predicted octanol–water partition coefficient (Wildman–Crippen LogP) is 4.55. The van der Waals surface area contributed by atoms with Crippen LogP contribution in [0.4, 0.5) is 11.4 Å². The molecule has 2 atom stereocenters. The SMILES string of the molecule is C[C@@]1(C(=O)Nc2ccccc2)C[C@@H](CBr)OC1=Nc1ccccc1. The van der Waals surface area contributed by atoms with Crippen molar-refractivity contribution in [1.29, 1.82) is 0 Å². The molecule has 1 N–H and O–H groups in total. The number of carbonyl (C=O) groups is 1. The summed E-state index contributed by atoms with van der Waals surface area (Å²) in [6.45, 7) is 1.88. The zero-order valence-corrected chi connectivity index (χ0v) is 15.0. The Kier molecular flexibility index (Phi) is 5.00. The van der Waals surface area contributed by atoms with Gasteiger partial charge in [0.15, 0.2) is 0 Å². The molecule has 1 aliphatic heterocycles. The number of hydrogen-bond donors (Lipinski definition) is 1. The number of aliphatic imine (C=N–C) groups is 1. The highest BCUT2D eigenvalue weighted by Gasteiger charge is 2.49. The van der Waals surface area contributed by atoms with Crippen LogP contribution in [0.5, 0.6) is 0 Å². The van der Waals surface area contributed by atoms with Crippen molar-refractivity contribution >= 4 is 39.1 Å². The molecule has 2 aromatic carbocycles. The molecule has 1 amide bonds. The number of rotatable bonds is 4. The van der Waals surface area contributed by atoms with Crippen LogP contribution in [-0.2, 0) is 9.53 Å². The van der Waals surface area contributed by atoms with Crippen molar-refractivity contribution in [3.8, 4) is 0 Å². The van der Waals surface area contributed by atoms with Gasteiger partial charge in [0, 0.05) is 17.4 Å². The van der Waals surface area contributed by atoms with E-state index < -0.39 is 5.41 Å². The first-order chi connectivity index (χ1) is 11.6. The summed E-state index contributed by atoms with van der Waals surface area (Å²) in [6.07, 6.45) is 0.516. The molecular weight excluding hydrogens is 368 g/mol. The molecule has 2 aromatic rings. The third-order valence-corrected chi connectivity index (χ3v) is 4.80. The van der Waals surface area contributed by atoms with E-state index in [0.29, 0.717) is 17.6 Å². The van der Waals surface area contributed by atoms with Gasteiger partial charge in [0.25, 0.3) is 0 Å². The van der Waals surface area contributed by atoms with Crippen molar-refractivity contribution in [2.45, 2.75) is 19.4 Å². The monoisotopic (exact) mass is 386 g/mol. The number of halogens is 1.